The molecule has 1 radical (unpaired) electrons. The van der Waals surface area contributed by atoms with E-state index >= 15 is 0 Å². The number of fused-ring (bicyclic) bond motifs is 9. The molecule has 0 fully saturated rings. The average Bonchev–Trinajstić information content (AvgIpc) is 3.87. The molecule has 8 aromatic carbocycles. The van der Waals surface area contributed by atoms with Crippen molar-refractivity contribution in [3.05, 3.63) is 181 Å². The first-order valence-corrected chi connectivity index (χ1v) is 29.1. The molecule has 3 heterocycles. The van der Waals surface area contributed by atoms with Gasteiger partial charge in [0.25, 0.3) is 0 Å². The second-order valence-electron chi connectivity index (χ2n) is 18.0. The van der Waals surface area contributed by atoms with Gasteiger partial charge in [-0.25, -0.2) is 0 Å². The standard InChI is InChI=1S/C43H33N2O.C14H16GeN.Ir/c1-25(2)30-15-9-16-31(26(3)4)40(30)45-41-33-14-8-6-12-28(33)21-22-38(41)44-43(45)35-18-10-17-34-37-23-29-20-19-27-11-5-7-13-32(27)36(29)24-39(37)46-42(34)35;1-15(2,3)13-9-10-14(16-11-13)12-7-5-4-6-8-12;/h5-17,19-26H,1-4H3;4-7,9-11H,1-3H3;/q2*-1;. The van der Waals surface area contributed by atoms with E-state index in [1.807, 2.05) is 36.5 Å². The molecule has 0 atom stereocenters. The van der Waals surface area contributed by atoms with Crippen LogP contribution in [0.5, 0.6) is 0 Å². The summed E-state index contributed by atoms with van der Waals surface area (Å²) in [7, 11) is 0. The third kappa shape index (κ3) is 7.71. The second kappa shape index (κ2) is 17.0. The van der Waals surface area contributed by atoms with Crippen LogP contribution >= 0.6 is 0 Å². The van der Waals surface area contributed by atoms with Gasteiger partial charge >= 0.3 is 99.8 Å². The first-order valence-electron chi connectivity index (χ1n) is 21.7. The molecule has 313 valence electrons. The topological polar surface area (TPSA) is 43.9 Å². The van der Waals surface area contributed by atoms with Gasteiger partial charge in [0.15, 0.2) is 0 Å². The Labute approximate surface area is 385 Å². The Bertz CT molecular complexity index is 3420. The second-order valence-corrected chi connectivity index (χ2v) is 28.7. The van der Waals surface area contributed by atoms with Crippen LogP contribution in [-0.4, -0.2) is 27.8 Å². The molecule has 0 bridgehead atoms. The van der Waals surface area contributed by atoms with Gasteiger partial charge in [0, 0.05) is 36.6 Å². The number of pyridine rings is 1. The maximum atomic E-state index is 6.84. The Hall–Kier alpha value is -5.85. The van der Waals surface area contributed by atoms with E-state index in [0.717, 1.165) is 55.6 Å². The smallest absolute Gasteiger partial charge is 0 e. The van der Waals surface area contributed by atoms with Crippen molar-refractivity contribution in [2.75, 3.05) is 0 Å². The molecule has 11 aromatic rings. The fourth-order valence-corrected chi connectivity index (χ4v) is 11.1. The van der Waals surface area contributed by atoms with E-state index in [-0.39, 0.29) is 20.1 Å². The fourth-order valence-electron chi connectivity index (χ4n) is 8.95. The SMILES string of the molecule is CC(C)c1cccc(C(C)C)c1-n1c(-c2[c-]ccc3c2oc2cc4c(ccc5ccccc54)cc23)nc2ccc3ccccc3c21.[CH3][Ge]([CH3])([CH3])[c]1ccc(-c2[c-]cccc2)nc1.[Ir]. The first-order chi connectivity index (χ1) is 30.0. The van der Waals surface area contributed by atoms with E-state index < -0.39 is 13.3 Å². The molecule has 0 saturated carbocycles. The summed E-state index contributed by atoms with van der Waals surface area (Å²) in [5.41, 5.74) is 10.5. The monoisotopic (exact) mass is 1060 g/mol. The van der Waals surface area contributed by atoms with Crippen LogP contribution < -0.4 is 4.40 Å². The fraction of sp³-hybridized carbons (Fsp3) is 0.158. The van der Waals surface area contributed by atoms with Gasteiger partial charge in [-0.2, -0.15) is 0 Å². The molecule has 4 nitrogen and oxygen atoms in total. The van der Waals surface area contributed by atoms with E-state index in [4.69, 9.17) is 9.40 Å². The van der Waals surface area contributed by atoms with Crippen molar-refractivity contribution in [1.82, 2.24) is 14.5 Å². The number of aromatic nitrogens is 3. The van der Waals surface area contributed by atoms with Crippen LogP contribution in [0.3, 0.4) is 0 Å². The zero-order chi connectivity index (χ0) is 42.7. The van der Waals surface area contributed by atoms with E-state index in [0.29, 0.717) is 11.8 Å². The molecular formula is C57H49GeIrN3O-2. The molecule has 6 heteroatoms. The zero-order valence-electron chi connectivity index (χ0n) is 36.7. The van der Waals surface area contributed by atoms with Crippen molar-refractivity contribution in [1.29, 1.82) is 0 Å². The minimum absolute atomic E-state index is 0. The zero-order valence-corrected chi connectivity index (χ0v) is 41.2. The minimum atomic E-state index is -1.72. The number of benzene rings is 8. The van der Waals surface area contributed by atoms with E-state index in [1.165, 1.54) is 53.5 Å². The third-order valence-corrected chi connectivity index (χ3v) is 16.5. The summed E-state index contributed by atoms with van der Waals surface area (Å²) in [4.78, 5) is 9.93. The van der Waals surface area contributed by atoms with Crippen LogP contribution in [0.4, 0.5) is 0 Å². The number of hydrogen-bond donors (Lipinski definition) is 0. The van der Waals surface area contributed by atoms with Crippen LogP contribution in [0, 0.1) is 12.1 Å². The maximum absolute atomic E-state index is 6.84. The van der Waals surface area contributed by atoms with Crippen LogP contribution in [0.1, 0.15) is 50.7 Å². The van der Waals surface area contributed by atoms with Gasteiger partial charge in [0.1, 0.15) is 5.58 Å². The molecule has 0 aliphatic rings. The predicted octanol–water partition coefficient (Wildman–Crippen LogP) is 15.2. The molecule has 0 unspecified atom stereocenters. The number of nitrogens with zero attached hydrogens (tertiary/aromatic N) is 3. The first kappa shape index (κ1) is 42.5. The maximum Gasteiger partial charge on any atom is 0 e. The Morgan fingerprint density at radius 3 is 1.95 bits per heavy atom. The largest absolute Gasteiger partial charge is 0 e. The Morgan fingerprint density at radius 1 is 0.587 bits per heavy atom. The van der Waals surface area contributed by atoms with Crippen molar-refractivity contribution in [3.8, 4) is 28.3 Å². The molecule has 11 rings (SSSR count). The van der Waals surface area contributed by atoms with Crippen LogP contribution in [0.25, 0.3) is 93.6 Å². The summed E-state index contributed by atoms with van der Waals surface area (Å²) in [6.45, 7) is 9.11. The predicted molar refractivity (Wildman–Crippen MR) is 265 cm³/mol. The normalized spacial score (nSPS) is 11.9. The van der Waals surface area contributed by atoms with Crippen molar-refractivity contribution >= 4 is 83.0 Å². The summed E-state index contributed by atoms with van der Waals surface area (Å²) < 4.78 is 10.7. The number of furan rings is 1. The average molecular weight is 1060 g/mol. The molecular weight excluding hydrogens is 1010 g/mol. The van der Waals surface area contributed by atoms with Gasteiger partial charge in [-0.15, -0.1) is 18.2 Å². The third-order valence-electron chi connectivity index (χ3n) is 12.2. The molecule has 0 aliphatic carbocycles. The van der Waals surface area contributed by atoms with Crippen molar-refractivity contribution in [2.45, 2.75) is 56.8 Å². The van der Waals surface area contributed by atoms with Gasteiger partial charge in [-0.1, -0.05) is 124 Å². The summed E-state index contributed by atoms with van der Waals surface area (Å²) in [5, 5.41) is 9.41. The number of imidazole rings is 1. The number of para-hydroxylation sites is 1. The molecule has 0 spiro atoms. The van der Waals surface area contributed by atoms with Gasteiger partial charge in [-0.3, -0.25) is 4.98 Å². The molecule has 0 saturated heterocycles. The number of hydrogen-bond acceptors (Lipinski definition) is 3. The van der Waals surface area contributed by atoms with Crippen molar-refractivity contribution < 1.29 is 24.5 Å². The Kier molecular flexibility index (Phi) is 11.5. The summed E-state index contributed by atoms with van der Waals surface area (Å²) in [6, 6.07) is 60.4. The molecule has 3 aromatic heterocycles. The summed E-state index contributed by atoms with van der Waals surface area (Å²) in [6.07, 6.45) is 2.04. The van der Waals surface area contributed by atoms with Crippen molar-refractivity contribution in [3.63, 3.8) is 0 Å². The summed E-state index contributed by atoms with van der Waals surface area (Å²) >= 11 is -1.72. The van der Waals surface area contributed by atoms with Gasteiger partial charge in [-0.05, 0) is 68.1 Å². The van der Waals surface area contributed by atoms with Gasteiger partial charge in [0.2, 0.25) is 0 Å². The van der Waals surface area contributed by atoms with Crippen LogP contribution in [0.2, 0.25) is 17.3 Å². The van der Waals surface area contributed by atoms with Crippen molar-refractivity contribution in [2.24, 2.45) is 0 Å². The molecule has 0 aliphatic heterocycles. The van der Waals surface area contributed by atoms with E-state index in [1.54, 1.807) is 0 Å². The number of rotatable bonds is 6. The van der Waals surface area contributed by atoms with Crippen LogP contribution in [0.15, 0.2) is 162 Å². The Morgan fingerprint density at radius 2 is 1.27 bits per heavy atom. The molecule has 0 N–H and O–H groups in total. The van der Waals surface area contributed by atoms with Gasteiger partial charge in [0.05, 0.1) is 22.4 Å². The molecule has 0 amide bonds. The van der Waals surface area contributed by atoms with Gasteiger partial charge < -0.3 is 8.98 Å². The van der Waals surface area contributed by atoms with E-state index in [9.17, 15) is 0 Å². The minimum Gasteiger partial charge on any atom is 0 e. The van der Waals surface area contributed by atoms with Crippen LogP contribution in [-0.2, 0) is 20.1 Å². The molecule has 63 heavy (non-hydrogen) atoms. The quantitative estimate of drug-likeness (QED) is 0.0947. The van der Waals surface area contributed by atoms with E-state index in [2.05, 4.69) is 188 Å². The summed E-state index contributed by atoms with van der Waals surface area (Å²) in [5.74, 6) is 8.63. The Balaban J connectivity index is 0.000000251.